The van der Waals surface area contributed by atoms with Gasteiger partial charge in [-0.1, -0.05) is 41.5 Å². The van der Waals surface area contributed by atoms with Crippen molar-refractivity contribution in [2.24, 2.45) is 11.3 Å². The van der Waals surface area contributed by atoms with Crippen LogP contribution in [0.3, 0.4) is 0 Å². The first-order valence-corrected chi connectivity index (χ1v) is 9.97. The van der Waals surface area contributed by atoms with E-state index in [4.69, 9.17) is 9.16 Å². The van der Waals surface area contributed by atoms with Crippen molar-refractivity contribution in [3.8, 4) is 0 Å². The Labute approximate surface area is 119 Å². The molecule has 0 aromatic carbocycles. The van der Waals surface area contributed by atoms with Crippen LogP contribution in [0.2, 0.25) is 18.1 Å². The van der Waals surface area contributed by atoms with E-state index in [0.717, 1.165) is 6.42 Å². The molecular formula is C15H30O3Si. The first-order valence-electron chi connectivity index (χ1n) is 7.06. The van der Waals surface area contributed by atoms with Gasteiger partial charge in [0.1, 0.15) is 0 Å². The van der Waals surface area contributed by atoms with Gasteiger partial charge in [0.25, 0.3) is 0 Å². The highest BCUT2D eigenvalue weighted by atomic mass is 28.4. The molecule has 2 atom stereocenters. The average Bonchev–Trinajstić information content (AvgIpc) is 2.89. The fourth-order valence-electron chi connectivity index (χ4n) is 2.36. The molecule has 0 aromatic rings. The van der Waals surface area contributed by atoms with Crippen molar-refractivity contribution in [1.29, 1.82) is 0 Å². The van der Waals surface area contributed by atoms with Gasteiger partial charge in [-0.05, 0) is 30.0 Å². The Morgan fingerprint density at radius 1 is 1.16 bits per heavy atom. The molecule has 3 nitrogen and oxygen atoms in total. The Bertz CT molecular complexity index is 363. The second kappa shape index (κ2) is 4.59. The monoisotopic (exact) mass is 286 g/mol. The van der Waals surface area contributed by atoms with E-state index >= 15 is 0 Å². The van der Waals surface area contributed by atoms with E-state index in [1.165, 1.54) is 7.11 Å². The number of carbonyl (C=O) groups is 1. The molecule has 1 aliphatic carbocycles. The molecule has 0 bridgehead atoms. The number of ether oxygens (including phenoxy) is 1. The molecule has 1 fully saturated rings. The maximum absolute atomic E-state index is 11.9. The third-order valence-corrected chi connectivity index (χ3v) is 9.40. The smallest absolute Gasteiger partial charge is 0.311 e. The molecular weight excluding hydrogens is 256 g/mol. The molecule has 1 saturated carbocycles. The standard InChI is InChI=1S/C15H30O3Si/c1-13(2,3)15(10-11(15)12(16)17-7)18-19(8,9)14(4,5)6/h11H,10H2,1-9H3. The quantitative estimate of drug-likeness (QED) is 0.581. The molecule has 0 radical (unpaired) electrons. The van der Waals surface area contributed by atoms with Crippen LogP contribution < -0.4 is 0 Å². The Kier molecular flexibility index (Phi) is 4.03. The number of rotatable bonds is 3. The van der Waals surface area contributed by atoms with E-state index in [9.17, 15) is 4.79 Å². The predicted octanol–water partition coefficient (Wildman–Crippen LogP) is 3.99. The first-order chi connectivity index (χ1) is 8.28. The maximum atomic E-state index is 11.9. The summed E-state index contributed by atoms with van der Waals surface area (Å²) >= 11 is 0. The molecule has 0 heterocycles. The molecule has 0 spiro atoms. The summed E-state index contributed by atoms with van der Waals surface area (Å²) in [7, 11) is -0.437. The predicted molar refractivity (Wildman–Crippen MR) is 80.6 cm³/mol. The summed E-state index contributed by atoms with van der Waals surface area (Å²) in [6.07, 6.45) is 0.787. The minimum Gasteiger partial charge on any atom is -0.469 e. The van der Waals surface area contributed by atoms with Gasteiger partial charge in [-0.3, -0.25) is 4.79 Å². The number of hydrogen-bond acceptors (Lipinski definition) is 3. The molecule has 0 aromatic heterocycles. The van der Waals surface area contributed by atoms with Gasteiger partial charge in [0.05, 0.1) is 18.6 Å². The number of methoxy groups -OCH3 is 1. The van der Waals surface area contributed by atoms with Crippen LogP contribution in [0.1, 0.15) is 48.0 Å². The minimum absolute atomic E-state index is 0.0542. The first kappa shape index (κ1) is 16.7. The molecule has 0 aliphatic heterocycles. The van der Waals surface area contributed by atoms with Gasteiger partial charge in [-0.15, -0.1) is 0 Å². The SMILES string of the molecule is COC(=O)C1CC1(O[Si](C)(C)C(C)(C)C)C(C)(C)C. The molecule has 112 valence electrons. The summed E-state index contributed by atoms with van der Waals surface area (Å²) in [5, 5.41) is 0.147. The van der Waals surface area contributed by atoms with Crippen LogP contribution in [0, 0.1) is 11.3 Å². The zero-order valence-electron chi connectivity index (χ0n) is 14.0. The fraction of sp³-hybridized carbons (Fsp3) is 0.933. The summed E-state index contributed by atoms with van der Waals surface area (Å²) in [5.74, 6) is -0.236. The minimum atomic E-state index is -1.90. The summed E-state index contributed by atoms with van der Waals surface area (Å²) in [4.78, 5) is 11.9. The fourth-order valence-corrected chi connectivity index (χ4v) is 4.11. The van der Waals surface area contributed by atoms with E-state index in [2.05, 4.69) is 54.6 Å². The van der Waals surface area contributed by atoms with E-state index in [-0.39, 0.29) is 27.9 Å². The number of esters is 1. The zero-order chi connectivity index (χ0) is 15.3. The summed E-state index contributed by atoms with van der Waals surface area (Å²) in [5.41, 5.74) is -0.398. The lowest BCUT2D eigenvalue weighted by Crippen LogP contribution is -2.50. The van der Waals surface area contributed by atoms with Crippen LogP contribution in [0.5, 0.6) is 0 Å². The van der Waals surface area contributed by atoms with Crippen LogP contribution in [0.25, 0.3) is 0 Å². The number of carbonyl (C=O) groups excluding carboxylic acids is 1. The van der Waals surface area contributed by atoms with Gasteiger partial charge in [0.2, 0.25) is 0 Å². The summed E-state index contributed by atoms with van der Waals surface area (Å²) < 4.78 is 11.6. The van der Waals surface area contributed by atoms with Crippen molar-refractivity contribution in [1.82, 2.24) is 0 Å². The van der Waals surface area contributed by atoms with Gasteiger partial charge in [0, 0.05) is 0 Å². The molecule has 0 saturated heterocycles. The molecule has 1 rings (SSSR count). The van der Waals surface area contributed by atoms with Crippen molar-refractivity contribution in [3.05, 3.63) is 0 Å². The van der Waals surface area contributed by atoms with Crippen LogP contribution >= 0.6 is 0 Å². The van der Waals surface area contributed by atoms with Crippen LogP contribution in [-0.4, -0.2) is 27.0 Å². The van der Waals surface area contributed by atoms with Gasteiger partial charge in [-0.25, -0.2) is 0 Å². The highest BCUT2D eigenvalue weighted by Crippen LogP contribution is 2.61. The number of hydrogen-bond donors (Lipinski definition) is 0. The Hall–Kier alpha value is -0.353. The van der Waals surface area contributed by atoms with Crippen LogP contribution in [0.4, 0.5) is 0 Å². The van der Waals surface area contributed by atoms with Crippen LogP contribution in [-0.2, 0) is 14.0 Å². The molecule has 4 heteroatoms. The second-order valence-corrected chi connectivity index (χ2v) is 13.0. The molecule has 19 heavy (non-hydrogen) atoms. The molecule has 0 N–H and O–H groups in total. The van der Waals surface area contributed by atoms with Crippen molar-refractivity contribution < 1.29 is 14.0 Å². The van der Waals surface area contributed by atoms with Crippen molar-refractivity contribution >= 4 is 14.3 Å². The highest BCUT2D eigenvalue weighted by Gasteiger charge is 2.68. The maximum Gasteiger partial charge on any atom is 0.311 e. The molecule has 2 unspecified atom stereocenters. The topological polar surface area (TPSA) is 35.5 Å². The van der Waals surface area contributed by atoms with Crippen molar-refractivity contribution in [2.75, 3.05) is 7.11 Å². The Balaban J connectivity index is 3.02. The lowest BCUT2D eigenvalue weighted by Gasteiger charge is -2.44. The highest BCUT2D eigenvalue weighted by molar-refractivity contribution is 6.74. The van der Waals surface area contributed by atoms with E-state index in [0.29, 0.717) is 0 Å². The summed E-state index contributed by atoms with van der Waals surface area (Å²) in [6.45, 7) is 17.6. The largest absolute Gasteiger partial charge is 0.469 e. The van der Waals surface area contributed by atoms with Crippen LogP contribution in [0.15, 0.2) is 0 Å². The third-order valence-electron chi connectivity index (χ3n) is 4.91. The second-order valence-electron chi connectivity index (χ2n) is 8.28. The van der Waals surface area contributed by atoms with Gasteiger partial charge >= 0.3 is 5.97 Å². The van der Waals surface area contributed by atoms with E-state index in [1.807, 2.05) is 0 Å². The lowest BCUT2D eigenvalue weighted by atomic mass is 9.85. The lowest BCUT2D eigenvalue weighted by molar-refractivity contribution is -0.145. The Morgan fingerprint density at radius 2 is 1.63 bits per heavy atom. The average molecular weight is 286 g/mol. The van der Waals surface area contributed by atoms with Gasteiger partial charge in [-0.2, -0.15) is 0 Å². The van der Waals surface area contributed by atoms with Gasteiger partial charge < -0.3 is 9.16 Å². The van der Waals surface area contributed by atoms with Crippen molar-refractivity contribution in [3.63, 3.8) is 0 Å². The Morgan fingerprint density at radius 3 is 1.95 bits per heavy atom. The van der Waals surface area contributed by atoms with E-state index in [1.54, 1.807) is 0 Å². The van der Waals surface area contributed by atoms with E-state index < -0.39 is 8.32 Å². The molecule has 1 aliphatic rings. The van der Waals surface area contributed by atoms with Gasteiger partial charge in [0.15, 0.2) is 8.32 Å². The summed E-state index contributed by atoms with van der Waals surface area (Å²) in [6, 6.07) is 0. The normalized spacial score (nSPS) is 28.2. The zero-order valence-corrected chi connectivity index (χ0v) is 15.0. The molecule has 0 amide bonds. The third kappa shape index (κ3) is 2.89. The van der Waals surface area contributed by atoms with Crippen molar-refractivity contribution in [2.45, 2.75) is 71.7 Å².